The molecule has 75 heavy (non-hydrogen) atoms. The van der Waals surface area contributed by atoms with Gasteiger partial charge in [-0.1, -0.05) is 131 Å². The van der Waals surface area contributed by atoms with E-state index in [1.54, 1.807) is 35.0 Å². The second-order valence-electron chi connectivity index (χ2n) is 18.0. The fourth-order valence-electron chi connectivity index (χ4n) is 9.44. The van der Waals surface area contributed by atoms with E-state index in [2.05, 4.69) is 51.1 Å². The fourth-order valence-corrected chi connectivity index (χ4v) is 9.44. The lowest BCUT2D eigenvalue weighted by molar-refractivity contribution is -0.116. The monoisotopic (exact) mass is 997 g/mol. The van der Waals surface area contributed by atoms with Crippen LogP contribution in [0.1, 0.15) is 55.5 Å². The van der Waals surface area contributed by atoms with Crippen LogP contribution in [0.5, 0.6) is 5.75 Å². The minimum absolute atomic E-state index is 0.0393. The third kappa shape index (κ3) is 8.75. The Balaban J connectivity index is 0.000000130. The summed E-state index contributed by atoms with van der Waals surface area (Å²) in [4.78, 5) is 60.3. The highest BCUT2D eigenvalue weighted by Gasteiger charge is 2.37. The third-order valence-corrected chi connectivity index (χ3v) is 13.0. The Hall–Kier alpha value is -10.2. The Morgan fingerprint density at radius 1 is 0.627 bits per heavy atom. The van der Waals surface area contributed by atoms with Crippen molar-refractivity contribution in [1.29, 1.82) is 0 Å². The predicted octanol–water partition coefficient (Wildman–Crippen LogP) is 11.8. The number of anilines is 3. The summed E-state index contributed by atoms with van der Waals surface area (Å²) in [6.45, 7) is 7.25. The molecule has 0 atom stereocenters. The van der Waals surface area contributed by atoms with Crippen molar-refractivity contribution in [3.63, 3.8) is 0 Å². The van der Waals surface area contributed by atoms with Crippen LogP contribution in [0.25, 0.3) is 78.3 Å². The van der Waals surface area contributed by atoms with E-state index in [0.717, 1.165) is 61.5 Å². The number of azo groups is 1. The van der Waals surface area contributed by atoms with Gasteiger partial charge in [-0.15, -0.1) is 5.11 Å². The lowest BCUT2D eigenvalue weighted by Gasteiger charge is -2.10. The number of aromatic amines is 3. The number of carbonyl (C=O) groups excluding carboxylic acids is 5. The molecule has 4 aliphatic rings. The summed E-state index contributed by atoms with van der Waals surface area (Å²) in [5, 5.41) is 42.0. The molecule has 6 aromatic carbocycles. The third-order valence-electron chi connectivity index (χ3n) is 13.0. The van der Waals surface area contributed by atoms with Gasteiger partial charge in [-0.05, 0) is 39.0 Å². The van der Waals surface area contributed by atoms with Gasteiger partial charge in [0.25, 0.3) is 5.91 Å². The molecule has 0 saturated carbocycles. The van der Waals surface area contributed by atoms with Crippen LogP contribution in [0.2, 0.25) is 0 Å². The van der Waals surface area contributed by atoms with E-state index in [9.17, 15) is 29.1 Å². The van der Waals surface area contributed by atoms with Gasteiger partial charge in [0.15, 0.2) is 11.6 Å². The number of rotatable bonds is 5. The summed E-state index contributed by atoms with van der Waals surface area (Å²) in [5.41, 5.74) is 22.2. The molecular weight excluding hydrogens is 951 g/mol. The van der Waals surface area contributed by atoms with Crippen molar-refractivity contribution in [1.82, 2.24) is 30.2 Å². The van der Waals surface area contributed by atoms with Crippen LogP contribution in [-0.4, -0.2) is 72.0 Å². The molecule has 0 unspecified atom stereocenters. The topological polar surface area (TPSA) is 268 Å². The molecule has 1 aliphatic heterocycles. The Morgan fingerprint density at radius 2 is 1.21 bits per heavy atom. The first-order valence-corrected chi connectivity index (χ1v) is 23.5. The molecule has 372 valence electrons. The van der Waals surface area contributed by atoms with Crippen molar-refractivity contribution in [2.75, 3.05) is 23.5 Å². The van der Waals surface area contributed by atoms with Crippen LogP contribution in [0.3, 0.4) is 0 Å². The zero-order valence-corrected chi connectivity index (χ0v) is 41.3. The van der Waals surface area contributed by atoms with Gasteiger partial charge >= 0.3 is 12.1 Å². The van der Waals surface area contributed by atoms with E-state index in [4.69, 9.17) is 5.73 Å². The number of nitrogen functional groups attached to an aromatic ring is 1. The zero-order chi connectivity index (χ0) is 52.8. The number of nitrogens with zero attached hydrogens (tertiary/aromatic N) is 5. The van der Waals surface area contributed by atoms with Crippen molar-refractivity contribution in [3.8, 4) is 73.3 Å². The number of aryl methyl sites for hydroxylation is 4. The summed E-state index contributed by atoms with van der Waals surface area (Å²) < 4.78 is 6.38. The van der Waals surface area contributed by atoms with Crippen LogP contribution in [0, 0.1) is 20.8 Å². The Bertz CT molecular complexity index is 3930. The van der Waals surface area contributed by atoms with E-state index in [1.165, 1.54) is 19.6 Å². The number of hydrogen-bond acceptors (Lipinski definition) is 10. The molecule has 0 bridgehead atoms. The molecule has 4 amide bonds. The number of ether oxygens (including phenoxy) is 1. The van der Waals surface area contributed by atoms with Crippen LogP contribution in [-0.2, 0) is 16.6 Å². The maximum absolute atomic E-state index is 13.2. The van der Waals surface area contributed by atoms with E-state index in [-0.39, 0.29) is 17.3 Å². The number of ketones is 2. The number of amides is 4. The van der Waals surface area contributed by atoms with Crippen LogP contribution in [0.4, 0.5) is 26.7 Å². The number of carbonyl (C=O) groups is 5. The van der Waals surface area contributed by atoms with Crippen LogP contribution in [0.15, 0.2) is 138 Å². The molecule has 12 rings (SSSR count). The van der Waals surface area contributed by atoms with E-state index < -0.39 is 18.0 Å². The number of H-pyrrole nitrogens is 3. The number of fused-ring (bicyclic) bond motifs is 9. The lowest BCUT2D eigenvalue weighted by Crippen LogP contribution is -2.14. The van der Waals surface area contributed by atoms with Gasteiger partial charge in [0.2, 0.25) is 0 Å². The fraction of sp³-hybridized carbons (Fsp3) is 0.105. The number of aromatic hydroxyl groups is 1. The second-order valence-corrected chi connectivity index (χ2v) is 18.0. The van der Waals surface area contributed by atoms with Gasteiger partial charge < -0.3 is 20.9 Å². The van der Waals surface area contributed by atoms with Crippen molar-refractivity contribution in [3.05, 3.63) is 166 Å². The molecule has 8 aromatic rings. The van der Waals surface area contributed by atoms with Gasteiger partial charge in [-0.2, -0.15) is 10.2 Å². The number of urea groups is 1. The first-order chi connectivity index (χ1) is 36.1. The molecule has 0 fully saturated rings. The first-order valence-electron chi connectivity index (χ1n) is 23.5. The largest absolute Gasteiger partial charge is 0.506 e. The maximum atomic E-state index is 13.2. The minimum Gasteiger partial charge on any atom is -0.506 e. The van der Waals surface area contributed by atoms with Crippen LogP contribution < -0.4 is 16.4 Å². The maximum Gasteiger partial charge on any atom is 0.411 e. The Labute approximate surface area is 428 Å². The summed E-state index contributed by atoms with van der Waals surface area (Å²) >= 11 is 0. The molecule has 18 heteroatoms. The highest BCUT2D eigenvalue weighted by Crippen LogP contribution is 2.50. The van der Waals surface area contributed by atoms with Gasteiger partial charge in [0.05, 0.1) is 74.5 Å². The van der Waals surface area contributed by atoms with Crippen LogP contribution >= 0.6 is 0 Å². The SMILES string of the molecule is CC(=O)N=NC(=O)Nc1cccc2c3[nH][nH]c(-c4ccc(C)cc4)c-3c(O)c12.COC(=O)Nc1cccc2c1C(=O)c1c-2nn(C)c1-c1ccc(C)cc1.Cc1ccc(-c2n[nH]c3c2C(=O)c2c(N)cccc2-3)cc1. The van der Waals surface area contributed by atoms with Crippen molar-refractivity contribution >= 4 is 57.4 Å². The average molecular weight is 998 g/mol. The first kappa shape index (κ1) is 48.4. The Kier molecular flexibility index (Phi) is 12.5. The summed E-state index contributed by atoms with van der Waals surface area (Å²) in [7, 11) is 3.11. The zero-order valence-electron chi connectivity index (χ0n) is 41.3. The summed E-state index contributed by atoms with van der Waals surface area (Å²) in [6, 6.07) is 39.1. The highest BCUT2D eigenvalue weighted by atomic mass is 16.5. The van der Waals surface area contributed by atoms with Gasteiger partial charge in [-0.25, -0.2) is 9.59 Å². The van der Waals surface area contributed by atoms with Crippen molar-refractivity contribution < 1.29 is 33.8 Å². The smallest absolute Gasteiger partial charge is 0.411 e. The number of benzene rings is 6. The molecule has 3 heterocycles. The Morgan fingerprint density at radius 3 is 1.88 bits per heavy atom. The van der Waals surface area contributed by atoms with E-state index in [1.807, 2.05) is 125 Å². The molecule has 8 N–H and O–H groups in total. The molecular formula is C57H47N11O7. The normalized spacial score (nSPS) is 11.9. The quantitative estimate of drug-likeness (QED) is 0.0633. The van der Waals surface area contributed by atoms with E-state index in [0.29, 0.717) is 67.2 Å². The molecule has 3 aliphatic carbocycles. The molecule has 0 radical (unpaired) electrons. The van der Waals surface area contributed by atoms with Gasteiger partial charge in [-0.3, -0.25) is 39.7 Å². The van der Waals surface area contributed by atoms with E-state index >= 15 is 0 Å². The molecule has 0 saturated heterocycles. The molecule has 18 nitrogen and oxygen atoms in total. The van der Waals surface area contributed by atoms with Gasteiger partial charge in [0, 0.05) is 52.9 Å². The number of nitrogens with one attached hydrogen (secondary N) is 5. The summed E-state index contributed by atoms with van der Waals surface area (Å²) in [6.07, 6.45) is -0.616. The lowest BCUT2D eigenvalue weighted by atomic mass is 10.0. The summed E-state index contributed by atoms with van der Waals surface area (Å²) in [5.74, 6) is -0.735. The predicted molar refractivity (Wildman–Crippen MR) is 286 cm³/mol. The van der Waals surface area contributed by atoms with Crippen molar-refractivity contribution in [2.45, 2.75) is 27.7 Å². The van der Waals surface area contributed by atoms with Crippen molar-refractivity contribution in [2.24, 2.45) is 17.3 Å². The number of methoxy groups -OCH3 is 1. The number of hydrogen-bond donors (Lipinski definition) is 7. The minimum atomic E-state index is -0.794. The molecule has 0 spiro atoms. The second kappa shape index (κ2) is 19.4. The number of aromatic nitrogens is 6. The van der Waals surface area contributed by atoms with Gasteiger partial charge in [0.1, 0.15) is 17.1 Å². The standard InChI is InChI=1S/C20H17N5O3.C20H17N3O3.C17H13N3O/c1-10-6-8-12(9-7-10)17-16-18(24-23-17)13-4-3-5-14(15(13)19(16)27)21-20(28)25-22-11(2)26;1-11-7-9-12(10-8-11)18-16-17(22-23(18)2)13-5-4-6-14(15(13)19(16)24)21-20(25)26-3;1-9-5-7-10(8-6-9)15-14-16(20-19-15)11-3-2-4-12(18)13(11)17(14)21/h3-9,23-24,27H,1-2H3,(H,21,28);4-10H,1-3H3,(H,21,25);2-8H,18H2,1H3,(H,19,20). The average Bonchev–Trinajstić information content (AvgIpc) is 4.28. The molecule has 2 aromatic heterocycles. The highest BCUT2D eigenvalue weighted by molar-refractivity contribution is 6.27. The number of nitrogens with two attached hydrogens (primary N) is 1.